The Bertz CT molecular complexity index is 1490. The number of rotatable bonds is 8. The third-order valence-corrected chi connectivity index (χ3v) is 8.19. The quantitative estimate of drug-likeness (QED) is 0.211. The predicted molar refractivity (Wildman–Crippen MR) is 173 cm³/mol. The average Bonchev–Trinajstić information content (AvgIpc) is 3.04. The van der Waals surface area contributed by atoms with Gasteiger partial charge in [-0.25, -0.2) is 4.39 Å². The molecule has 4 aromatic rings. The largest absolute Gasteiger partial charge is 0.368 e. The van der Waals surface area contributed by atoms with E-state index in [9.17, 15) is 4.39 Å². The number of thiocarbonyl (C=S) groups is 1. The second kappa shape index (κ2) is 13.2. The first-order valence-corrected chi connectivity index (χ1v) is 15.1. The molecule has 0 unspecified atom stereocenters. The molecule has 6 rings (SSSR count). The Balaban J connectivity index is 1.14. The number of nitrogens with zero attached hydrogens (tertiary/aromatic N) is 5. The number of aromatic nitrogens is 2. The minimum Gasteiger partial charge on any atom is -0.368 e. The van der Waals surface area contributed by atoms with Gasteiger partial charge in [-0.1, -0.05) is 54.6 Å². The maximum atomic E-state index is 13.2. The Hall–Kier alpha value is -4.24. The highest BCUT2D eigenvalue weighted by atomic mass is 32.1. The van der Waals surface area contributed by atoms with Gasteiger partial charge < -0.3 is 25.3 Å². The summed E-state index contributed by atoms with van der Waals surface area (Å²) in [6, 6.07) is 28.0. The number of benzene rings is 3. The van der Waals surface area contributed by atoms with Crippen LogP contribution in [0.1, 0.15) is 23.1 Å². The van der Waals surface area contributed by atoms with E-state index in [0.29, 0.717) is 17.6 Å². The van der Waals surface area contributed by atoms with E-state index >= 15 is 0 Å². The summed E-state index contributed by atoms with van der Waals surface area (Å²) < 4.78 is 13.2. The number of aryl methyl sites for hydroxylation is 1. The van der Waals surface area contributed by atoms with Crippen LogP contribution < -0.4 is 25.3 Å². The fourth-order valence-electron chi connectivity index (χ4n) is 5.62. The van der Waals surface area contributed by atoms with Crippen molar-refractivity contribution in [3.8, 4) is 0 Å². The number of hydrogen-bond donors (Lipinski definition) is 2. The smallest absolute Gasteiger partial charge is 0.232 e. The zero-order chi connectivity index (χ0) is 28.7. The molecule has 0 aliphatic carbocycles. The SMILES string of the molecule is Fc1ccc(CCCNC(=S)Nc2nc(N3CCN(c4ccccc4)CC3)cc(N3CCc4ccccc4C3)n2)cc1. The van der Waals surface area contributed by atoms with Gasteiger partial charge in [-0.05, 0) is 72.4 Å². The fourth-order valence-corrected chi connectivity index (χ4v) is 5.81. The Kier molecular flexibility index (Phi) is 8.75. The van der Waals surface area contributed by atoms with Gasteiger partial charge in [0, 0.05) is 57.6 Å². The highest BCUT2D eigenvalue weighted by Gasteiger charge is 2.23. The van der Waals surface area contributed by atoms with Crippen molar-refractivity contribution in [3.05, 3.63) is 107 Å². The van der Waals surface area contributed by atoms with Crippen molar-refractivity contribution in [3.63, 3.8) is 0 Å². The molecule has 0 saturated carbocycles. The summed E-state index contributed by atoms with van der Waals surface area (Å²) in [5, 5.41) is 7.02. The van der Waals surface area contributed by atoms with Crippen LogP contribution in [0, 0.1) is 5.82 Å². The van der Waals surface area contributed by atoms with Crippen LogP contribution >= 0.6 is 12.2 Å². The first-order chi connectivity index (χ1) is 20.6. The van der Waals surface area contributed by atoms with Crippen molar-refractivity contribution in [2.24, 2.45) is 0 Å². The Morgan fingerprint density at radius 2 is 1.43 bits per heavy atom. The number of halogens is 1. The standard InChI is InChI=1S/C33H36FN7S/c34-28-14-12-25(13-15-28)7-6-17-35-33(42)38-32-36-30(40-21-19-39(20-22-40)29-10-2-1-3-11-29)23-31(37-32)41-18-16-26-8-4-5-9-27(26)24-41/h1-5,8-15,23H,6-7,16-22,24H2,(H2,35,36,37,38,42). The molecule has 3 aromatic carbocycles. The lowest BCUT2D eigenvalue weighted by atomic mass is 10.00. The molecule has 1 saturated heterocycles. The van der Waals surface area contributed by atoms with E-state index in [4.69, 9.17) is 22.2 Å². The van der Waals surface area contributed by atoms with Crippen LogP contribution in [0.5, 0.6) is 0 Å². The summed E-state index contributed by atoms with van der Waals surface area (Å²) in [5.41, 5.74) is 5.11. The monoisotopic (exact) mass is 581 g/mol. The lowest BCUT2D eigenvalue weighted by molar-refractivity contribution is 0.626. The second-order valence-electron chi connectivity index (χ2n) is 10.8. The average molecular weight is 582 g/mol. The molecule has 2 aliphatic rings. The molecule has 1 aromatic heterocycles. The first kappa shape index (κ1) is 27.9. The molecule has 216 valence electrons. The van der Waals surface area contributed by atoms with Crippen LogP contribution in [-0.2, 0) is 19.4 Å². The van der Waals surface area contributed by atoms with Gasteiger partial charge in [0.15, 0.2) is 5.11 Å². The number of nitrogens with one attached hydrogen (secondary N) is 2. The molecular formula is C33H36FN7S. The zero-order valence-electron chi connectivity index (χ0n) is 23.7. The van der Waals surface area contributed by atoms with E-state index in [-0.39, 0.29) is 5.82 Å². The molecule has 0 spiro atoms. The molecule has 2 aliphatic heterocycles. The molecule has 1 fully saturated rings. The number of para-hydroxylation sites is 1. The van der Waals surface area contributed by atoms with Crippen LogP contribution in [0.4, 0.5) is 27.7 Å². The number of fused-ring (bicyclic) bond motifs is 1. The van der Waals surface area contributed by atoms with E-state index in [1.54, 1.807) is 0 Å². The molecule has 42 heavy (non-hydrogen) atoms. The van der Waals surface area contributed by atoms with Gasteiger partial charge in [0.25, 0.3) is 0 Å². The summed E-state index contributed by atoms with van der Waals surface area (Å²) in [4.78, 5) is 16.9. The lowest BCUT2D eigenvalue weighted by Gasteiger charge is -2.37. The minimum atomic E-state index is -0.212. The summed E-state index contributed by atoms with van der Waals surface area (Å²) >= 11 is 5.62. The summed E-state index contributed by atoms with van der Waals surface area (Å²) in [6.07, 6.45) is 2.71. The Morgan fingerprint density at radius 1 is 0.762 bits per heavy atom. The topological polar surface area (TPSA) is 59.6 Å². The molecule has 7 nitrogen and oxygen atoms in total. The van der Waals surface area contributed by atoms with E-state index in [1.165, 1.54) is 28.9 Å². The maximum absolute atomic E-state index is 13.2. The third-order valence-electron chi connectivity index (χ3n) is 7.95. The molecule has 2 N–H and O–H groups in total. The normalized spacial score (nSPS) is 14.8. The molecule has 3 heterocycles. The van der Waals surface area contributed by atoms with Crippen molar-refractivity contribution >= 4 is 40.6 Å². The van der Waals surface area contributed by atoms with Gasteiger partial charge in [-0.15, -0.1) is 0 Å². The number of hydrogen-bond acceptors (Lipinski definition) is 6. The summed E-state index contributed by atoms with van der Waals surface area (Å²) in [6.45, 7) is 6.02. The number of piperazine rings is 1. The molecule has 0 bridgehead atoms. The fraction of sp³-hybridized carbons (Fsp3) is 0.303. The molecular weight excluding hydrogens is 545 g/mol. The highest BCUT2D eigenvalue weighted by Crippen LogP contribution is 2.28. The van der Waals surface area contributed by atoms with Gasteiger partial charge in [-0.3, -0.25) is 0 Å². The Morgan fingerprint density at radius 3 is 2.19 bits per heavy atom. The minimum absolute atomic E-state index is 0.212. The van der Waals surface area contributed by atoms with E-state index in [1.807, 2.05) is 12.1 Å². The van der Waals surface area contributed by atoms with Crippen molar-refractivity contribution in [1.82, 2.24) is 15.3 Å². The first-order valence-electron chi connectivity index (χ1n) is 14.7. The van der Waals surface area contributed by atoms with E-state index in [2.05, 4.69) is 86.0 Å². The van der Waals surface area contributed by atoms with Crippen molar-refractivity contribution < 1.29 is 4.39 Å². The van der Waals surface area contributed by atoms with Gasteiger partial charge in [-0.2, -0.15) is 9.97 Å². The van der Waals surface area contributed by atoms with E-state index in [0.717, 1.165) is 75.7 Å². The maximum Gasteiger partial charge on any atom is 0.232 e. The Labute approximate surface area is 252 Å². The molecule has 0 amide bonds. The van der Waals surface area contributed by atoms with Crippen molar-refractivity contribution in [2.45, 2.75) is 25.8 Å². The molecule has 0 atom stereocenters. The highest BCUT2D eigenvalue weighted by molar-refractivity contribution is 7.80. The molecule has 0 radical (unpaired) electrons. The lowest BCUT2D eigenvalue weighted by Crippen LogP contribution is -2.47. The molecule has 9 heteroatoms. The van der Waals surface area contributed by atoms with Crippen molar-refractivity contribution in [1.29, 1.82) is 0 Å². The van der Waals surface area contributed by atoms with Crippen LogP contribution in [0.15, 0.2) is 84.9 Å². The van der Waals surface area contributed by atoms with Crippen molar-refractivity contribution in [2.75, 3.05) is 59.3 Å². The third kappa shape index (κ3) is 6.97. The van der Waals surface area contributed by atoms with Gasteiger partial charge in [0.2, 0.25) is 5.95 Å². The summed E-state index contributed by atoms with van der Waals surface area (Å²) in [5.74, 6) is 2.10. The van der Waals surface area contributed by atoms with Crippen LogP contribution in [0.2, 0.25) is 0 Å². The van der Waals surface area contributed by atoms with Crippen LogP contribution in [0.3, 0.4) is 0 Å². The van der Waals surface area contributed by atoms with E-state index < -0.39 is 0 Å². The van der Waals surface area contributed by atoms with Crippen LogP contribution in [-0.4, -0.2) is 54.3 Å². The van der Waals surface area contributed by atoms with Crippen LogP contribution in [0.25, 0.3) is 0 Å². The van der Waals surface area contributed by atoms with Gasteiger partial charge >= 0.3 is 0 Å². The predicted octanol–water partition coefficient (Wildman–Crippen LogP) is 5.42. The zero-order valence-corrected chi connectivity index (χ0v) is 24.5. The van der Waals surface area contributed by atoms with Gasteiger partial charge in [0.05, 0.1) is 0 Å². The summed E-state index contributed by atoms with van der Waals surface area (Å²) in [7, 11) is 0. The van der Waals surface area contributed by atoms with Gasteiger partial charge in [0.1, 0.15) is 17.5 Å². The second-order valence-corrected chi connectivity index (χ2v) is 11.2. The number of anilines is 4.